The second-order valence-electron chi connectivity index (χ2n) is 9.20. The van der Waals surface area contributed by atoms with Gasteiger partial charge in [-0.2, -0.15) is 0 Å². The largest absolute Gasteiger partial charge is 0.461 e. The molecule has 2 heterocycles. The summed E-state index contributed by atoms with van der Waals surface area (Å²) in [6.45, 7) is 12.9. The fourth-order valence-corrected chi connectivity index (χ4v) is 5.55. The summed E-state index contributed by atoms with van der Waals surface area (Å²) < 4.78 is 22.6. The van der Waals surface area contributed by atoms with Crippen LogP contribution < -0.4 is 0 Å². The van der Waals surface area contributed by atoms with Crippen molar-refractivity contribution in [3.63, 3.8) is 0 Å². The highest BCUT2D eigenvalue weighted by molar-refractivity contribution is 5.91. The van der Waals surface area contributed by atoms with Crippen molar-refractivity contribution in [3.05, 3.63) is 36.5 Å². The number of rotatable bonds is 4. The molecule has 4 N–H and O–H groups in total. The number of hydrogen-bond donors (Lipinski definition) is 4. The van der Waals surface area contributed by atoms with Crippen molar-refractivity contribution in [3.8, 4) is 0 Å². The smallest absolute Gasteiger partial charge is 0.334 e. The lowest BCUT2D eigenvalue weighted by atomic mass is 9.81. The van der Waals surface area contributed by atoms with Crippen LogP contribution in [0.1, 0.15) is 19.8 Å². The van der Waals surface area contributed by atoms with E-state index < -0.39 is 73.5 Å². The Morgan fingerprint density at radius 2 is 1.82 bits per heavy atom. The quantitative estimate of drug-likeness (QED) is 0.239. The third-order valence-corrected chi connectivity index (χ3v) is 7.21. The Balaban J connectivity index is 1.58. The second kappa shape index (κ2) is 8.94. The molecule has 0 aromatic heterocycles. The van der Waals surface area contributed by atoms with Crippen LogP contribution in [0, 0.1) is 17.8 Å². The van der Waals surface area contributed by atoms with Crippen LogP contribution >= 0.6 is 0 Å². The summed E-state index contributed by atoms with van der Waals surface area (Å²) in [5.74, 6) is -2.19. The molecule has 10 nitrogen and oxygen atoms in total. The van der Waals surface area contributed by atoms with Gasteiger partial charge in [0, 0.05) is 24.8 Å². The van der Waals surface area contributed by atoms with E-state index in [0.29, 0.717) is 18.4 Å². The average molecular weight is 466 g/mol. The van der Waals surface area contributed by atoms with Gasteiger partial charge in [-0.3, -0.25) is 4.79 Å². The van der Waals surface area contributed by atoms with Gasteiger partial charge in [-0.05, 0) is 17.9 Å². The minimum atomic E-state index is -1.57. The lowest BCUT2D eigenvalue weighted by Crippen LogP contribution is -2.59. The van der Waals surface area contributed by atoms with Crippen LogP contribution in [0.3, 0.4) is 0 Å². The molecule has 0 bridgehead atoms. The maximum Gasteiger partial charge on any atom is 0.334 e. The third-order valence-electron chi connectivity index (χ3n) is 7.21. The average Bonchev–Trinajstić information content (AvgIpc) is 3.19. The molecule has 2 saturated carbocycles. The zero-order valence-electron chi connectivity index (χ0n) is 18.3. The van der Waals surface area contributed by atoms with E-state index in [-0.39, 0.29) is 17.4 Å². The molecule has 4 rings (SSSR count). The lowest BCUT2D eigenvalue weighted by molar-refractivity contribution is -0.308. The molecule has 0 radical (unpaired) electrons. The molecule has 2 aliphatic carbocycles. The molecule has 0 spiro atoms. The first-order chi connectivity index (χ1) is 15.5. The highest BCUT2D eigenvalue weighted by Gasteiger charge is 2.57. The molecule has 33 heavy (non-hydrogen) atoms. The van der Waals surface area contributed by atoms with Gasteiger partial charge in [0.1, 0.15) is 36.6 Å². The molecular weight excluding hydrogens is 436 g/mol. The minimum Gasteiger partial charge on any atom is -0.461 e. The maximum absolute atomic E-state index is 12.4. The van der Waals surface area contributed by atoms with E-state index in [2.05, 4.69) is 19.7 Å². The van der Waals surface area contributed by atoms with E-state index in [1.165, 1.54) is 6.92 Å². The Labute approximate surface area is 191 Å². The van der Waals surface area contributed by atoms with Crippen molar-refractivity contribution in [1.29, 1.82) is 0 Å². The van der Waals surface area contributed by atoms with Gasteiger partial charge in [-0.15, -0.1) is 0 Å². The van der Waals surface area contributed by atoms with Crippen molar-refractivity contribution in [2.24, 2.45) is 17.8 Å². The van der Waals surface area contributed by atoms with Crippen molar-refractivity contribution in [2.45, 2.75) is 68.8 Å². The molecule has 0 aromatic rings. The molecule has 4 aliphatic rings. The van der Waals surface area contributed by atoms with Crippen LogP contribution in [0.5, 0.6) is 0 Å². The van der Waals surface area contributed by atoms with Gasteiger partial charge in [0.25, 0.3) is 0 Å². The van der Waals surface area contributed by atoms with E-state index in [1.54, 1.807) is 0 Å². The highest BCUT2D eigenvalue weighted by atomic mass is 16.7. The summed E-state index contributed by atoms with van der Waals surface area (Å²) in [4.78, 5) is 24.0. The Morgan fingerprint density at radius 1 is 1.12 bits per heavy atom. The molecule has 2 aliphatic heterocycles. The summed E-state index contributed by atoms with van der Waals surface area (Å²) in [6.07, 6.45) is -8.27. The number of esters is 2. The van der Waals surface area contributed by atoms with Gasteiger partial charge in [0.05, 0.1) is 18.6 Å². The molecule has 11 atom stereocenters. The predicted molar refractivity (Wildman–Crippen MR) is 111 cm³/mol. The summed E-state index contributed by atoms with van der Waals surface area (Å²) >= 11 is 0. The van der Waals surface area contributed by atoms with Crippen molar-refractivity contribution >= 4 is 11.9 Å². The molecular formula is C23H30O10. The SMILES string of the molecule is C=C1C(=O)O[C@@H]2[C@H]3C(=C)[C@@H](O[C@@H]4O[C@H](CO)[C@@H](O)[C@@H](O)[C@H]4O)C[C@H]3C(=C)C[C@@H](OC(C)=O)[C@@H]12. The van der Waals surface area contributed by atoms with Gasteiger partial charge in [-0.25, -0.2) is 4.79 Å². The van der Waals surface area contributed by atoms with Crippen molar-refractivity contribution in [2.75, 3.05) is 6.61 Å². The minimum absolute atomic E-state index is 0.209. The van der Waals surface area contributed by atoms with Crippen LogP contribution in [0.15, 0.2) is 36.5 Å². The van der Waals surface area contributed by atoms with Gasteiger partial charge in [0.15, 0.2) is 6.29 Å². The Morgan fingerprint density at radius 3 is 2.45 bits per heavy atom. The number of fused-ring (bicyclic) bond motifs is 3. The highest BCUT2D eigenvalue weighted by Crippen LogP contribution is 2.53. The molecule has 0 unspecified atom stereocenters. The van der Waals surface area contributed by atoms with Gasteiger partial charge in [-0.1, -0.05) is 25.3 Å². The Bertz CT molecular complexity index is 865. The van der Waals surface area contributed by atoms with Crippen LogP contribution in [0.4, 0.5) is 0 Å². The molecule has 10 heteroatoms. The van der Waals surface area contributed by atoms with E-state index in [4.69, 9.17) is 18.9 Å². The van der Waals surface area contributed by atoms with Crippen LogP contribution in [0.2, 0.25) is 0 Å². The molecule has 0 amide bonds. The van der Waals surface area contributed by atoms with Crippen LogP contribution in [-0.4, -0.2) is 88.0 Å². The molecule has 4 fully saturated rings. The normalized spacial score (nSPS) is 45.3. The summed E-state index contributed by atoms with van der Waals surface area (Å²) in [6, 6.07) is 0. The zero-order chi connectivity index (χ0) is 24.2. The first-order valence-corrected chi connectivity index (χ1v) is 10.9. The van der Waals surface area contributed by atoms with Gasteiger partial charge >= 0.3 is 11.9 Å². The summed E-state index contributed by atoms with van der Waals surface area (Å²) in [5, 5.41) is 39.8. The van der Waals surface area contributed by atoms with Crippen molar-refractivity contribution in [1.82, 2.24) is 0 Å². The number of ether oxygens (including phenoxy) is 4. The van der Waals surface area contributed by atoms with Gasteiger partial charge in [0.2, 0.25) is 0 Å². The first-order valence-electron chi connectivity index (χ1n) is 10.9. The van der Waals surface area contributed by atoms with E-state index >= 15 is 0 Å². The second-order valence-corrected chi connectivity index (χ2v) is 9.20. The zero-order valence-corrected chi connectivity index (χ0v) is 18.3. The number of hydrogen-bond acceptors (Lipinski definition) is 10. The number of carbonyl (C=O) groups is 2. The number of aliphatic hydroxyl groups is 4. The maximum atomic E-state index is 12.4. The summed E-state index contributed by atoms with van der Waals surface area (Å²) in [7, 11) is 0. The van der Waals surface area contributed by atoms with Crippen molar-refractivity contribution < 1.29 is 49.0 Å². The summed E-state index contributed by atoms with van der Waals surface area (Å²) in [5.41, 5.74) is 1.59. The lowest BCUT2D eigenvalue weighted by Gasteiger charge is -2.40. The van der Waals surface area contributed by atoms with E-state index in [1.807, 2.05) is 0 Å². The van der Waals surface area contributed by atoms with Gasteiger partial charge < -0.3 is 39.4 Å². The van der Waals surface area contributed by atoms with E-state index in [9.17, 15) is 30.0 Å². The Kier molecular flexibility index (Phi) is 6.51. The predicted octanol–water partition coefficient (Wildman–Crippen LogP) is -0.647. The Hall–Kier alpha value is -2.08. The first kappa shape index (κ1) is 24.1. The fourth-order valence-electron chi connectivity index (χ4n) is 5.55. The third kappa shape index (κ3) is 4.05. The number of aliphatic hydroxyl groups excluding tert-OH is 4. The molecule has 182 valence electrons. The molecule has 0 aromatic carbocycles. The molecule has 2 saturated heterocycles. The standard InChI is InChI=1S/C23H30O10/c1-8-5-14(30-11(4)25)17-10(3)22(29)33-21(17)16-9(2)13(6-12(8)16)31-23-20(28)19(27)18(26)15(7-24)32-23/h12-21,23-24,26-28H,1-3,5-7H2,4H3/t12-,13-,14+,15+,16-,17+,18+,19+,20+,21+,23+/m0/s1. The topological polar surface area (TPSA) is 152 Å². The fraction of sp³-hybridized carbons (Fsp3) is 0.652. The van der Waals surface area contributed by atoms with Crippen LogP contribution in [0.25, 0.3) is 0 Å². The number of carbonyl (C=O) groups excluding carboxylic acids is 2. The monoisotopic (exact) mass is 466 g/mol. The van der Waals surface area contributed by atoms with E-state index in [0.717, 1.165) is 5.57 Å². The van der Waals surface area contributed by atoms with Crippen LogP contribution in [-0.2, 0) is 28.5 Å².